The van der Waals surface area contributed by atoms with Gasteiger partial charge in [0.15, 0.2) is 0 Å². The Morgan fingerprint density at radius 3 is 1.93 bits per heavy atom. The van der Waals surface area contributed by atoms with E-state index in [9.17, 15) is 4.79 Å². The topological polar surface area (TPSA) is 26.3 Å². The predicted molar refractivity (Wildman–Crippen MR) is 71.1 cm³/mol. The minimum absolute atomic E-state index is 0. The standard InChI is InChI=1S/C6H10O2.C5H14N.H3P/c1-3-5-8-6(7)4-2;1-5-6(2,3)4;/h4H,2-3,5H2,1H3;5H2,1-4H3;1H3/q;+1;. The molecular formula is C11H27NO2P+. The minimum Gasteiger partial charge on any atom is -0.463 e. The van der Waals surface area contributed by atoms with Crippen molar-refractivity contribution in [1.29, 1.82) is 0 Å². The van der Waals surface area contributed by atoms with Gasteiger partial charge in [0, 0.05) is 6.08 Å². The number of rotatable bonds is 4. The number of carbonyl (C=O) groups is 1. The van der Waals surface area contributed by atoms with E-state index in [2.05, 4.69) is 39.4 Å². The lowest BCUT2D eigenvalue weighted by atomic mass is 10.5. The maximum absolute atomic E-state index is 10.2. The van der Waals surface area contributed by atoms with Gasteiger partial charge in [-0.3, -0.25) is 0 Å². The molecule has 3 nitrogen and oxygen atoms in total. The lowest BCUT2D eigenvalue weighted by molar-refractivity contribution is -0.868. The Morgan fingerprint density at radius 1 is 1.33 bits per heavy atom. The SMILES string of the molecule is C=CC(=O)OCCC.CC[N+](C)(C)C.P. The van der Waals surface area contributed by atoms with E-state index in [4.69, 9.17) is 0 Å². The summed E-state index contributed by atoms with van der Waals surface area (Å²) in [5.41, 5.74) is 0. The number of hydrogen-bond donors (Lipinski definition) is 0. The normalized spacial score (nSPS) is 9.13. The van der Waals surface area contributed by atoms with Crippen LogP contribution in [0.2, 0.25) is 0 Å². The molecule has 1 unspecified atom stereocenters. The molecule has 0 aliphatic rings. The molecule has 0 fully saturated rings. The van der Waals surface area contributed by atoms with E-state index in [0.29, 0.717) is 6.61 Å². The molecule has 15 heavy (non-hydrogen) atoms. The Kier molecular flexibility index (Phi) is 15.6. The van der Waals surface area contributed by atoms with Gasteiger partial charge in [0.1, 0.15) is 0 Å². The maximum Gasteiger partial charge on any atom is 0.330 e. The summed E-state index contributed by atoms with van der Waals surface area (Å²) in [4.78, 5) is 10.2. The molecule has 0 N–H and O–H groups in total. The molecule has 0 aliphatic heterocycles. The van der Waals surface area contributed by atoms with Crippen molar-refractivity contribution in [3.05, 3.63) is 12.7 Å². The van der Waals surface area contributed by atoms with Gasteiger partial charge in [-0.25, -0.2) is 4.79 Å². The average molecular weight is 236 g/mol. The summed E-state index contributed by atoms with van der Waals surface area (Å²) in [6.07, 6.45) is 2.02. The van der Waals surface area contributed by atoms with Crippen LogP contribution < -0.4 is 0 Å². The zero-order chi connectivity index (χ0) is 11.6. The zero-order valence-electron chi connectivity index (χ0n) is 10.9. The Hall–Kier alpha value is -0.400. The van der Waals surface area contributed by atoms with Gasteiger partial charge in [0.25, 0.3) is 0 Å². The van der Waals surface area contributed by atoms with E-state index in [1.807, 2.05) is 6.92 Å². The third kappa shape index (κ3) is 24.7. The van der Waals surface area contributed by atoms with Gasteiger partial charge >= 0.3 is 5.97 Å². The molecule has 0 spiro atoms. The van der Waals surface area contributed by atoms with Crippen molar-refractivity contribution < 1.29 is 14.0 Å². The third-order valence-electron chi connectivity index (χ3n) is 1.56. The van der Waals surface area contributed by atoms with Crippen LogP contribution >= 0.6 is 9.90 Å². The van der Waals surface area contributed by atoms with Crippen molar-refractivity contribution in [1.82, 2.24) is 0 Å². The molecule has 0 heterocycles. The van der Waals surface area contributed by atoms with Crippen molar-refractivity contribution >= 4 is 15.9 Å². The summed E-state index contributed by atoms with van der Waals surface area (Å²) in [5, 5.41) is 0. The van der Waals surface area contributed by atoms with Gasteiger partial charge in [-0.2, -0.15) is 9.90 Å². The molecule has 0 amide bonds. The van der Waals surface area contributed by atoms with Gasteiger partial charge in [-0.1, -0.05) is 13.5 Å². The zero-order valence-corrected chi connectivity index (χ0v) is 12.3. The summed E-state index contributed by atoms with van der Waals surface area (Å²) < 4.78 is 5.65. The number of carbonyl (C=O) groups excluding carboxylic acids is 1. The van der Waals surface area contributed by atoms with E-state index in [0.717, 1.165) is 17.0 Å². The first-order valence-electron chi connectivity index (χ1n) is 4.97. The van der Waals surface area contributed by atoms with Crippen LogP contribution in [-0.2, 0) is 9.53 Å². The highest BCUT2D eigenvalue weighted by atomic mass is 31.0. The predicted octanol–water partition coefficient (Wildman–Crippen LogP) is 1.90. The Balaban J connectivity index is -0.000000187. The van der Waals surface area contributed by atoms with Gasteiger partial charge in [0.2, 0.25) is 0 Å². The van der Waals surface area contributed by atoms with E-state index in [1.165, 1.54) is 6.54 Å². The Labute approximate surface area is 97.7 Å². The molecule has 0 saturated heterocycles. The molecule has 0 aliphatic carbocycles. The first kappa shape index (κ1) is 20.1. The quantitative estimate of drug-likeness (QED) is 0.322. The van der Waals surface area contributed by atoms with Crippen molar-refractivity contribution in [3.8, 4) is 0 Å². The lowest BCUT2D eigenvalue weighted by Gasteiger charge is -2.20. The van der Waals surface area contributed by atoms with Crippen molar-refractivity contribution in [3.63, 3.8) is 0 Å². The van der Waals surface area contributed by atoms with Crippen LogP contribution in [0, 0.1) is 0 Å². The second-order valence-electron chi connectivity index (χ2n) is 3.98. The second kappa shape index (κ2) is 11.7. The van der Waals surface area contributed by atoms with Crippen LogP contribution in [-0.4, -0.2) is 44.7 Å². The number of hydrogen-bond acceptors (Lipinski definition) is 2. The highest BCUT2D eigenvalue weighted by Gasteiger charge is 1.97. The third-order valence-corrected chi connectivity index (χ3v) is 1.56. The first-order chi connectivity index (χ1) is 6.37. The van der Waals surface area contributed by atoms with E-state index in [-0.39, 0.29) is 15.9 Å². The van der Waals surface area contributed by atoms with Crippen LogP contribution in [0.15, 0.2) is 12.7 Å². The number of esters is 1. The summed E-state index contributed by atoms with van der Waals surface area (Å²) >= 11 is 0. The van der Waals surface area contributed by atoms with Crippen LogP contribution in [0.4, 0.5) is 0 Å². The highest BCUT2D eigenvalue weighted by molar-refractivity contribution is 6.92. The number of ether oxygens (including phenoxy) is 1. The molecule has 0 radical (unpaired) electrons. The molecule has 0 rings (SSSR count). The van der Waals surface area contributed by atoms with E-state index in [1.54, 1.807) is 0 Å². The molecule has 4 heteroatoms. The number of nitrogens with zero attached hydrogens (tertiary/aromatic N) is 1. The molecule has 1 atom stereocenters. The first-order valence-corrected chi connectivity index (χ1v) is 4.97. The molecule has 0 aromatic rings. The van der Waals surface area contributed by atoms with E-state index >= 15 is 0 Å². The van der Waals surface area contributed by atoms with Crippen molar-refractivity contribution in [2.24, 2.45) is 0 Å². The average Bonchev–Trinajstić information content (AvgIpc) is 2.14. The van der Waals surface area contributed by atoms with Crippen LogP contribution in [0.5, 0.6) is 0 Å². The van der Waals surface area contributed by atoms with Crippen molar-refractivity contribution in [2.45, 2.75) is 20.3 Å². The van der Waals surface area contributed by atoms with E-state index < -0.39 is 0 Å². The molecule has 0 aromatic heterocycles. The molecular weight excluding hydrogens is 209 g/mol. The summed E-state index contributed by atoms with van der Waals surface area (Å²) in [5.74, 6) is -0.341. The monoisotopic (exact) mass is 236 g/mol. The maximum atomic E-state index is 10.2. The Bertz CT molecular complexity index is 164. The van der Waals surface area contributed by atoms with Gasteiger partial charge in [-0.05, 0) is 13.3 Å². The van der Waals surface area contributed by atoms with Gasteiger partial charge < -0.3 is 9.22 Å². The second-order valence-corrected chi connectivity index (χ2v) is 3.98. The fraction of sp³-hybridized carbons (Fsp3) is 0.727. The van der Waals surface area contributed by atoms with Crippen LogP contribution in [0.25, 0.3) is 0 Å². The summed E-state index contributed by atoms with van der Waals surface area (Å²) in [6.45, 7) is 9.06. The molecule has 0 bridgehead atoms. The Morgan fingerprint density at radius 2 is 1.73 bits per heavy atom. The molecule has 92 valence electrons. The van der Waals surface area contributed by atoms with Crippen LogP contribution in [0.3, 0.4) is 0 Å². The summed E-state index contributed by atoms with van der Waals surface area (Å²) in [6, 6.07) is 0. The van der Waals surface area contributed by atoms with Crippen LogP contribution in [0.1, 0.15) is 20.3 Å². The fourth-order valence-corrected chi connectivity index (χ4v) is 0.262. The van der Waals surface area contributed by atoms with Gasteiger partial charge in [-0.15, -0.1) is 0 Å². The van der Waals surface area contributed by atoms with Gasteiger partial charge in [0.05, 0.1) is 34.3 Å². The largest absolute Gasteiger partial charge is 0.463 e. The molecule has 0 aromatic carbocycles. The minimum atomic E-state index is -0.341. The smallest absolute Gasteiger partial charge is 0.330 e. The molecule has 0 saturated carbocycles. The highest BCUT2D eigenvalue weighted by Crippen LogP contribution is 1.83. The number of quaternary nitrogens is 1. The fourth-order valence-electron chi connectivity index (χ4n) is 0.262. The summed E-state index contributed by atoms with van der Waals surface area (Å²) in [7, 11) is 6.54. The lowest BCUT2D eigenvalue weighted by Crippen LogP contribution is -2.33. The van der Waals surface area contributed by atoms with Crippen molar-refractivity contribution in [2.75, 3.05) is 34.3 Å².